The molecule has 1 atom stereocenters. The van der Waals surface area contributed by atoms with E-state index in [0.717, 1.165) is 30.4 Å². The first-order chi connectivity index (χ1) is 11.6. The van der Waals surface area contributed by atoms with Crippen LogP contribution in [0.15, 0.2) is 23.2 Å². The number of ether oxygens (including phenoxy) is 2. The van der Waals surface area contributed by atoms with Gasteiger partial charge in [-0.1, -0.05) is 32.3 Å². The van der Waals surface area contributed by atoms with E-state index >= 15 is 0 Å². The summed E-state index contributed by atoms with van der Waals surface area (Å²) in [5, 5.41) is 6.82. The molecule has 1 rings (SSSR count). The van der Waals surface area contributed by atoms with Crippen LogP contribution in [-0.4, -0.2) is 39.8 Å². The Balaban J connectivity index is 2.41. The lowest BCUT2D eigenvalue weighted by atomic mass is 10.1. The van der Waals surface area contributed by atoms with Crippen LogP contribution < -0.4 is 20.1 Å². The molecular weight excluding hydrogens is 302 g/mol. The second-order valence-corrected chi connectivity index (χ2v) is 5.98. The van der Waals surface area contributed by atoms with Gasteiger partial charge in [-0.2, -0.15) is 0 Å². The van der Waals surface area contributed by atoms with E-state index in [-0.39, 0.29) is 0 Å². The van der Waals surface area contributed by atoms with E-state index < -0.39 is 0 Å². The van der Waals surface area contributed by atoms with Crippen LogP contribution in [0.1, 0.15) is 45.1 Å². The molecule has 5 heteroatoms. The highest BCUT2D eigenvalue weighted by Gasteiger charge is 2.06. The summed E-state index contributed by atoms with van der Waals surface area (Å²) < 4.78 is 10.6. The molecule has 0 radical (unpaired) electrons. The van der Waals surface area contributed by atoms with Crippen molar-refractivity contribution in [1.82, 2.24) is 10.6 Å². The number of hydrogen-bond donors (Lipinski definition) is 2. The normalized spacial score (nSPS) is 12.6. The number of unbranched alkanes of at least 4 members (excludes halogenated alkanes) is 2. The summed E-state index contributed by atoms with van der Waals surface area (Å²) in [4.78, 5) is 4.30. The molecule has 0 bridgehead atoms. The van der Waals surface area contributed by atoms with Crippen molar-refractivity contribution in [3.05, 3.63) is 23.8 Å². The van der Waals surface area contributed by atoms with Crippen molar-refractivity contribution in [3.63, 3.8) is 0 Å². The quantitative estimate of drug-likeness (QED) is 0.391. The minimum atomic E-state index is 0.434. The number of nitrogens with one attached hydrogen (secondary N) is 2. The van der Waals surface area contributed by atoms with E-state index in [4.69, 9.17) is 9.47 Å². The summed E-state index contributed by atoms with van der Waals surface area (Å²) in [6, 6.07) is 6.46. The molecule has 1 unspecified atom stereocenters. The molecule has 1 aromatic rings. The second-order valence-electron chi connectivity index (χ2n) is 5.98. The van der Waals surface area contributed by atoms with Crippen molar-refractivity contribution in [1.29, 1.82) is 0 Å². The van der Waals surface area contributed by atoms with Gasteiger partial charge in [0, 0.05) is 19.6 Å². The van der Waals surface area contributed by atoms with Crippen LogP contribution in [0.2, 0.25) is 0 Å². The second kappa shape index (κ2) is 11.6. The minimum absolute atomic E-state index is 0.434. The molecule has 0 heterocycles. The van der Waals surface area contributed by atoms with Gasteiger partial charge in [-0.05, 0) is 37.5 Å². The van der Waals surface area contributed by atoms with Gasteiger partial charge in [0.25, 0.3) is 0 Å². The highest BCUT2D eigenvalue weighted by atomic mass is 16.5. The number of hydrogen-bond acceptors (Lipinski definition) is 3. The van der Waals surface area contributed by atoms with Gasteiger partial charge in [0.2, 0.25) is 0 Å². The molecule has 136 valence electrons. The highest BCUT2D eigenvalue weighted by molar-refractivity contribution is 5.79. The zero-order chi connectivity index (χ0) is 17.8. The van der Waals surface area contributed by atoms with E-state index in [9.17, 15) is 0 Å². The number of guanidine groups is 1. The Morgan fingerprint density at radius 1 is 1.17 bits per heavy atom. The van der Waals surface area contributed by atoms with E-state index in [2.05, 4.69) is 35.5 Å². The lowest BCUT2D eigenvalue weighted by Gasteiger charge is -2.18. The van der Waals surface area contributed by atoms with Gasteiger partial charge in [-0.15, -0.1) is 0 Å². The Labute approximate surface area is 146 Å². The first-order valence-electron chi connectivity index (χ1n) is 8.82. The van der Waals surface area contributed by atoms with Gasteiger partial charge in [-0.25, -0.2) is 0 Å². The van der Waals surface area contributed by atoms with Gasteiger partial charge in [0.15, 0.2) is 17.5 Å². The summed E-state index contributed by atoms with van der Waals surface area (Å²) in [6.07, 6.45) is 5.87. The highest BCUT2D eigenvalue weighted by Crippen LogP contribution is 2.27. The fourth-order valence-corrected chi connectivity index (χ4v) is 2.56. The molecule has 5 nitrogen and oxygen atoms in total. The van der Waals surface area contributed by atoms with Gasteiger partial charge >= 0.3 is 0 Å². The maximum absolute atomic E-state index is 5.34. The van der Waals surface area contributed by atoms with Crippen molar-refractivity contribution in [2.45, 2.75) is 52.0 Å². The van der Waals surface area contributed by atoms with Crippen LogP contribution >= 0.6 is 0 Å². The molecule has 1 aromatic carbocycles. The van der Waals surface area contributed by atoms with Crippen molar-refractivity contribution in [3.8, 4) is 11.5 Å². The first-order valence-corrected chi connectivity index (χ1v) is 8.82. The summed E-state index contributed by atoms with van der Waals surface area (Å²) >= 11 is 0. The number of benzene rings is 1. The van der Waals surface area contributed by atoms with Crippen LogP contribution in [0.3, 0.4) is 0 Å². The average molecular weight is 335 g/mol. The van der Waals surface area contributed by atoms with Crippen LogP contribution in [0.5, 0.6) is 11.5 Å². The molecule has 0 amide bonds. The lowest BCUT2D eigenvalue weighted by Crippen LogP contribution is -2.42. The van der Waals surface area contributed by atoms with Crippen LogP contribution in [0, 0.1) is 0 Å². The molecule has 0 aliphatic heterocycles. The number of rotatable bonds is 10. The minimum Gasteiger partial charge on any atom is -0.493 e. The zero-order valence-electron chi connectivity index (χ0n) is 15.8. The van der Waals surface area contributed by atoms with Crippen LogP contribution in [-0.2, 0) is 6.42 Å². The van der Waals surface area contributed by atoms with Gasteiger partial charge in [-0.3, -0.25) is 4.99 Å². The van der Waals surface area contributed by atoms with Crippen molar-refractivity contribution in [2.24, 2.45) is 4.99 Å². The number of methoxy groups -OCH3 is 2. The molecular formula is C19H33N3O2. The number of nitrogens with zero attached hydrogens (tertiary/aromatic N) is 1. The number of aliphatic imine (C=N–C) groups is 1. The third-order valence-corrected chi connectivity index (χ3v) is 4.00. The summed E-state index contributed by atoms with van der Waals surface area (Å²) in [6.45, 7) is 5.25. The first kappa shape index (κ1) is 20.1. The molecule has 0 aliphatic rings. The maximum Gasteiger partial charge on any atom is 0.191 e. The predicted molar refractivity (Wildman–Crippen MR) is 101 cm³/mol. The smallest absolute Gasteiger partial charge is 0.191 e. The van der Waals surface area contributed by atoms with Gasteiger partial charge in [0.1, 0.15) is 0 Å². The van der Waals surface area contributed by atoms with E-state index in [0.29, 0.717) is 6.04 Å². The third kappa shape index (κ3) is 7.11. The maximum atomic E-state index is 5.34. The fourth-order valence-electron chi connectivity index (χ4n) is 2.56. The zero-order valence-corrected chi connectivity index (χ0v) is 15.8. The van der Waals surface area contributed by atoms with Crippen LogP contribution in [0.25, 0.3) is 0 Å². The monoisotopic (exact) mass is 335 g/mol. The molecule has 24 heavy (non-hydrogen) atoms. The molecule has 0 spiro atoms. The Kier molecular flexibility index (Phi) is 9.73. The molecule has 0 saturated heterocycles. The standard InChI is InChI=1S/C19H33N3O2/c1-6-7-8-9-15(2)22-19(20-3)21-13-12-16-10-11-17(23-4)18(14-16)24-5/h10-11,14-15H,6-9,12-13H2,1-5H3,(H2,20,21,22). The fraction of sp³-hybridized carbons (Fsp3) is 0.632. The largest absolute Gasteiger partial charge is 0.493 e. The molecule has 2 N–H and O–H groups in total. The predicted octanol–water partition coefficient (Wildman–Crippen LogP) is 3.38. The average Bonchev–Trinajstić information content (AvgIpc) is 2.60. The van der Waals surface area contributed by atoms with Gasteiger partial charge < -0.3 is 20.1 Å². The van der Waals surface area contributed by atoms with Crippen molar-refractivity contribution >= 4 is 5.96 Å². The topological polar surface area (TPSA) is 54.9 Å². The van der Waals surface area contributed by atoms with Crippen molar-refractivity contribution in [2.75, 3.05) is 27.8 Å². The summed E-state index contributed by atoms with van der Waals surface area (Å²) in [5.74, 6) is 2.38. The molecule has 0 saturated carbocycles. The van der Waals surface area contributed by atoms with E-state index in [1.807, 2.05) is 19.2 Å². The van der Waals surface area contributed by atoms with Crippen LogP contribution in [0.4, 0.5) is 0 Å². The Morgan fingerprint density at radius 3 is 2.54 bits per heavy atom. The Hall–Kier alpha value is -1.91. The summed E-state index contributed by atoms with van der Waals surface area (Å²) in [7, 11) is 5.12. The molecule has 0 aliphatic carbocycles. The van der Waals surface area contributed by atoms with Gasteiger partial charge in [0.05, 0.1) is 14.2 Å². The van der Waals surface area contributed by atoms with E-state index in [1.165, 1.54) is 31.2 Å². The van der Waals surface area contributed by atoms with Crippen molar-refractivity contribution < 1.29 is 9.47 Å². The third-order valence-electron chi connectivity index (χ3n) is 4.00. The summed E-state index contributed by atoms with van der Waals surface area (Å²) in [5.41, 5.74) is 1.20. The Bertz CT molecular complexity index is 503. The lowest BCUT2D eigenvalue weighted by molar-refractivity contribution is 0.354. The Morgan fingerprint density at radius 2 is 1.92 bits per heavy atom. The molecule has 0 aromatic heterocycles. The molecule has 0 fully saturated rings. The SMILES string of the molecule is CCCCCC(C)NC(=NC)NCCc1ccc(OC)c(OC)c1. The van der Waals surface area contributed by atoms with E-state index in [1.54, 1.807) is 14.2 Å².